The van der Waals surface area contributed by atoms with E-state index in [4.69, 9.17) is 4.99 Å². The highest BCUT2D eigenvalue weighted by Crippen LogP contribution is 2.42. The summed E-state index contributed by atoms with van der Waals surface area (Å²) in [6, 6.07) is 66.1. The summed E-state index contributed by atoms with van der Waals surface area (Å²) in [4.78, 5) is 14.7. The molecule has 0 spiro atoms. The van der Waals surface area contributed by atoms with Gasteiger partial charge in [-0.2, -0.15) is 0 Å². The number of rotatable bonds is 13. The molecular weight excluding hydrogens is 753 g/mol. The van der Waals surface area contributed by atoms with Gasteiger partial charge in [0, 0.05) is 23.5 Å². The Kier molecular flexibility index (Phi) is 12.6. The average Bonchev–Trinajstić information content (AvgIpc) is 3.35. The third-order valence-electron chi connectivity index (χ3n) is 11.1. The summed E-state index contributed by atoms with van der Waals surface area (Å²) in [7, 11) is 1.98. The molecule has 0 aliphatic rings. The van der Waals surface area contributed by atoms with Gasteiger partial charge in [0.15, 0.2) is 11.5 Å². The number of amidine groups is 1. The van der Waals surface area contributed by atoms with Crippen LogP contribution in [0, 0.1) is 0 Å². The van der Waals surface area contributed by atoms with Gasteiger partial charge in [-0.05, 0) is 148 Å². The van der Waals surface area contributed by atoms with Crippen LogP contribution in [0.1, 0.15) is 29.2 Å². The topological polar surface area (TPSA) is 49.6 Å². The molecule has 0 amide bonds. The fourth-order valence-corrected chi connectivity index (χ4v) is 7.95. The van der Waals surface area contributed by atoms with E-state index >= 15 is 0 Å². The standard InChI is InChI=1S/C58H48N4/c1-5-7-20-42(6-2)46-27-17-29-48(33-46)53-35-51(43-21-11-8-12-22-43)37-55(39-53)58(60-4,62-57(59-3)45-25-15-10-16-26-45)56-38-52(44-23-13-9-14-24-44)36-54(40-56)49-30-18-28-47(34-49)50-31-19-32-61-41-50/h5-41,60H,2-3H2,1,4H3/b7-5-,42-20+,62-57-. The summed E-state index contributed by atoms with van der Waals surface area (Å²) < 4.78 is 0. The van der Waals surface area contributed by atoms with Gasteiger partial charge in [-0.15, -0.1) is 0 Å². The monoisotopic (exact) mass is 800 g/mol. The van der Waals surface area contributed by atoms with E-state index in [1.165, 1.54) is 0 Å². The third kappa shape index (κ3) is 8.87. The van der Waals surface area contributed by atoms with Gasteiger partial charge in [-0.1, -0.05) is 164 Å². The predicted octanol–water partition coefficient (Wildman–Crippen LogP) is 14.1. The molecule has 0 aliphatic heterocycles. The second kappa shape index (κ2) is 19.1. The maximum absolute atomic E-state index is 5.69. The highest BCUT2D eigenvalue weighted by molar-refractivity contribution is 6.02. The highest BCUT2D eigenvalue weighted by Gasteiger charge is 2.35. The van der Waals surface area contributed by atoms with Crippen molar-refractivity contribution in [2.24, 2.45) is 9.98 Å². The van der Waals surface area contributed by atoms with E-state index in [1.807, 2.05) is 74.8 Å². The van der Waals surface area contributed by atoms with Crippen molar-refractivity contribution < 1.29 is 0 Å². The van der Waals surface area contributed by atoms with E-state index in [0.717, 1.165) is 83.5 Å². The number of nitrogens with one attached hydrogen (secondary N) is 1. The fourth-order valence-electron chi connectivity index (χ4n) is 7.95. The van der Waals surface area contributed by atoms with Crippen LogP contribution in [0.3, 0.4) is 0 Å². The van der Waals surface area contributed by atoms with Crippen LogP contribution >= 0.6 is 0 Å². The van der Waals surface area contributed by atoms with E-state index in [2.05, 4.69) is 186 Å². The lowest BCUT2D eigenvalue weighted by Crippen LogP contribution is -2.40. The van der Waals surface area contributed by atoms with E-state index in [-0.39, 0.29) is 0 Å². The zero-order valence-electron chi connectivity index (χ0n) is 35.1. The van der Waals surface area contributed by atoms with Crippen LogP contribution in [0.4, 0.5) is 0 Å². The van der Waals surface area contributed by atoms with Crippen molar-refractivity contribution in [2.45, 2.75) is 12.6 Å². The smallest absolute Gasteiger partial charge is 0.164 e. The van der Waals surface area contributed by atoms with Crippen LogP contribution in [-0.4, -0.2) is 24.6 Å². The number of nitrogens with zero attached hydrogens (tertiary/aromatic N) is 3. The van der Waals surface area contributed by atoms with Gasteiger partial charge >= 0.3 is 0 Å². The first-order chi connectivity index (χ1) is 30.5. The van der Waals surface area contributed by atoms with Crippen LogP contribution in [0.2, 0.25) is 0 Å². The lowest BCUT2D eigenvalue weighted by Gasteiger charge is -2.33. The Labute approximate surface area is 365 Å². The Morgan fingerprint density at radius 1 is 0.532 bits per heavy atom. The Morgan fingerprint density at radius 3 is 1.52 bits per heavy atom. The second-order valence-corrected chi connectivity index (χ2v) is 15.0. The van der Waals surface area contributed by atoms with Gasteiger partial charge in [0.1, 0.15) is 0 Å². The Hall–Kier alpha value is -7.79. The van der Waals surface area contributed by atoms with Crippen molar-refractivity contribution in [1.29, 1.82) is 0 Å². The van der Waals surface area contributed by atoms with Crippen LogP contribution in [0.15, 0.2) is 241 Å². The summed E-state index contributed by atoms with van der Waals surface area (Å²) >= 11 is 0. The molecule has 0 fully saturated rings. The third-order valence-corrected chi connectivity index (χ3v) is 11.1. The molecule has 300 valence electrons. The van der Waals surface area contributed by atoms with Gasteiger partial charge < -0.3 is 0 Å². The molecule has 0 saturated carbocycles. The first-order valence-electron chi connectivity index (χ1n) is 20.8. The largest absolute Gasteiger partial charge is 0.289 e. The molecule has 0 aliphatic carbocycles. The number of hydrogen-bond donors (Lipinski definition) is 1. The van der Waals surface area contributed by atoms with Crippen LogP contribution in [0.5, 0.6) is 0 Å². The average molecular weight is 801 g/mol. The molecule has 0 saturated heterocycles. The quantitative estimate of drug-likeness (QED) is 0.0717. The summed E-state index contributed by atoms with van der Waals surface area (Å²) in [5, 5.41) is 3.78. The number of aliphatic imine (C=N–C) groups is 2. The van der Waals surface area contributed by atoms with Crippen LogP contribution in [0.25, 0.3) is 61.2 Å². The minimum atomic E-state index is -1.16. The normalized spacial score (nSPS) is 12.8. The number of aromatic nitrogens is 1. The van der Waals surface area contributed by atoms with Gasteiger partial charge in [-0.25, -0.2) is 9.98 Å². The lowest BCUT2D eigenvalue weighted by molar-refractivity contribution is 0.461. The Morgan fingerprint density at radius 2 is 1.00 bits per heavy atom. The minimum Gasteiger partial charge on any atom is -0.289 e. The second-order valence-electron chi connectivity index (χ2n) is 15.0. The van der Waals surface area contributed by atoms with Crippen molar-refractivity contribution in [3.8, 4) is 55.6 Å². The van der Waals surface area contributed by atoms with Crippen molar-refractivity contribution >= 4 is 18.1 Å². The zero-order chi connectivity index (χ0) is 42.7. The molecule has 1 unspecified atom stereocenters. The van der Waals surface area contributed by atoms with Crippen molar-refractivity contribution in [3.05, 3.63) is 254 Å². The van der Waals surface area contributed by atoms with Gasteiger partial charge in [0.05, 0.1) is 0 Å². The summed E-state index contributed by atoms with van der Waals surface area (Å²) in [6.45, 7) is 10.2. The number of hydrogen-bond acceptors (Lipinski definition) is 3. The molecular formula is C58H48N4. The molecule has 0 radical (unpaired) electrons. The summed E-state index contributed by atoms with van der Waals surface area (Å²) in [5.41, 5.74) is 14.4. The Bertz CT molecular complexity index is 2910. The summed E-state index contributed by atoms with van der Waals surface area (Å²) in [5.74, 6) is 0.517. The van der Waals surface area contributed by atoms with Crippen LogP contribution < -0.4 is 5.32 Å². The molecule has 0 bridgehead atoms. The first-order valence-corrected chi connectivity index (χ1v) is 20.8. The minimum absolute atomic E-state index is 0.517. The molecule has 8 rings (SSSR count). The fraction of sp³-hybridized carbons (Fsp3) is 0.0517. The van der Waals surface area contributed by atoms with Gasteiger partial charge in [0.25, 0.3) is 0 Å². The Balaban J connectivity index is 1.44. The van der Waals surface area contributed by atoms with E-state index in [1.54, 1.807) is 6.20 Å². The predicted molar refractivity (Wildman–Crippen MR) is 263 cm³/mol. The van der Waals surface area contributed by atoms with E-state index in [9.17, 15) is 0 Å². The molecule has 1 aromatic heterocycles. The van der Waals surface area contributed by atoms with Gasteiger partial charge in [0.2, 0.25) is 0 Å². The van der Waals surface area contributed by atoms with Crippen molar-refractivity contribution in [3.63, 3.8) is 0 Å². The molecule has 7 aromatic carbocycles. The molecule has 1 N–H and O–H groups in total. The number of benzene rings is 7. The molecule has 8 aromatic rings. The summed E-state index contributed by atoms with van der Waals surface area (Å²) in [6.07, 6.45) is 11.8. The molecule has 1 atom stereocenters. The van der Waals surface area contributed by atoms with Gasteiger partial charge in [-0.3, -0.25) is 10.3 Å². The lowest BCUT2D eigenvalue weighted by atomic mass is 9.83. The van der Waals surface area contributed by atoms with Crippen molar-refractivity contribution in [1.82, 2.24) is 10.3 Å². The molecule has 1 heterocycles. The number of pyridine rings is 1. The highest BCUT2D eigenvalue weighted by atomic mass is 15.2. The first kappa shape index (κ1) is 41.0. The molecule has 4 nitrogen and oxygen atoms in total. The molecule has 62 heavy (non-hydrogen) atoms. The molecule has 4 heteroatoms. The van der Waals surface area contributed by atoms with E-state index in [0.29, 0.717) is 5.84 Å². The maximum atomic E-state index is 5.69. The maximum Gasteiger partial charge on any atom is 0.164 e. The van der Waals surface area contributed by atoms with Crippen LogP contribution in [-0.2, 0) is 5.66 Å². The zero-order valence-corrected chi connectivity index (χ0v) is 35.1. The van der Waals surface area contributed by atoms with Crippen molar-refractivity contribution in [2.75, 3.05) is 7.05 Å². The number of allylic oxidation sites excluding steroid dienone is 5. The van der Waals surface area contributed by atoms with E-state index < -0.39 is 5.66 Å². The SMILES string of the molecule is C=C/C(=C\C=C/C)c1cccc(-c2cc(-c3ccccc3)cc(C(/N=C(\N=C)c3ccccc3)(NC)c3cc(-c4ccccc4)cc(-c4cccc(-c5cccnc5)c4)c3)c2)c1.